The zero-order valence-corrected chi connectivity index (χ0v) is 18.2. The van der Waals surface area contributed by atoms with Gasteiger partial charge in [0.2, 0.25) is 5.90 Å². The molecule has 4 rings (SSSR count). The molecule has 0 amide bonds. The average molecular weight is 458 g/mol. The number of aryl methyl sites for hydroxylation is 1. The van der Waals surface area contributed by atoms with Crippen molar-refractivity contribution in [1.82, 2.24) is 0 Å². The van der Waals surface area contributed by atoms with Crippen molar-refractivity contribution in [3.8, 4) is 11.5 Å². The second-order valence-electron chi connectivity index (χ2n) is 7.31. The van der Waals surface area contributed by atoms with Crippen LogP contribution in [0, 0.1) is 17.0 Å². The summed E-state index contributed by atoms with van der Waals surface area (Å²) in [6.45, 7) is 1.93. The number of carbonyl (C=O) groups is 2. The van der Waals surface area contributed by atoms with Gasteiger partial charge in [-0.1, -0.05) is 23.8 Å². The third-order valence-electron chi connectivity index (χ3n) is 4.89. The van der Waals surface area contributed by atoms with Crippen LogP contribution >= 0.6 is 0 Å². The van der Waals surface area contributed by atoms with Crippen molar-refractivity contribution in [3.05, 3.63) is 105 Å². The summed E-state index contributed by atoms with van der Waals surface area (Å²) in [4.78, 5) is 39.2. The van der Waals surface area contributed by atoms with E-state index in [-0.39, 0.29) is 34.3 Å². The maximum atomic E-state index is 12.4. The number of hydrogen-bond donors (Lipinski definition) is 0. The van der Waals surface area contributed by atoms with E-state index < -0.39 is 16.9 Å². The van der Waals surface area contributed by atoms with Crippen molar-refractivity contribution in [1.29, 1.82) is 0 Å². The van der Waals surface area contributed by atoms with Crippen LogP contribution in [0.15, 0.2) is 77.4 Å². The number of rotatable bonds is 6. The number of nitro groups is 1. The lowest BCUT2D eigenvalue weighted by atomic mass is 10.1. The number of carbonyl (C=O) groups excluding carboxylic acids is 2. The number of nitrogens with zero attached hydrogens (tertiary/aromatic N) is 2. The van der Waals surface area contributed by atoms with Gasteiger partial charge in [0.15, 0.2) is 17.2 Å². The lowest BCUT2D eigenvalue weighted by Crippen LogP contribution is -2.09. The maximum absolute atomic E-state index is 12.4. The van der Waals surface area contributed by atoms with Crippen LogP contribution in [0.25, 0.3) is 6.08 Å². The molecule has 0 saturated heterocycles. The number of hydrogen-bond acceptors (Lipinski definition) is 8. The molecule has 3 aromatic rings. The van der Waals surface area contributed by atoms with E-state index in [4.69, 9.17) is 14.2 Å². The van der Waals surface area contributed by atoms with E-state index in [9.17, 15) is 19.7 Å². The Balaban J connectivity index is 1.55. The smallest absolute Gasteiger partial charge is 0.363 e. The molecule has 0 N–H and O–H groups in total. The monoisotopic (exact) mass is 458 g/mol. The van der Waals surface area contributed by atoms with E-state index in [0.29, 0.717) is 11.1 Å². The van der Waals surface area contributed by atoms with Crippen LogP contribution in [0.1, 0.15) is 27.0 Å². The lowest BCUT2D eigenvalue weighted by molar-refractivity contribution is -0.384. The molecule has 0 unspecified atom stereocenters. The largest absolute Gasteiger partial charge is 0.493 e. The van der Waals surface area contributed by atoms with Gasteiger partial charge in [-0.3, -0.25) is 10.1 Å². The molecular formula is C25H18N2O7. The van der Waals surface area contributed by atoms with Gasteiger partial charge in [0.05, 0.1) is 17.6 Å². The van der Waals surface area contributed by atoms with Gasteiger partial charge in [0, 0.05) is 17.7 Å². The van der Waals surface area contributed by atoms with Crippen LogP contribution in [-0.2, 0) is 9.53 Å². The highest BCUT2D eigenvalue weighted by atomic mass is 16.6. The van der Waals surface area contributed by atoms with Crippen LogP contribution in [0.5, 0.6) is 11.5 Å². The highest BCUT2D eigenvalue weighted by molar-refractivity contribution is 6.12. The molecule has 0 aromatic heterocycles. The number of nitro benzene ring substituents is 1. The summed E-state index contributed by atoms with van der Waals surface area (Å²) < 4.78 is 16.0. The first kappa shape index (κ1) is 22.4. The molecule has 3 aromatic carbocycles. The van der Waals surface area contributed by atoms with Crippen molar-refractivity contribution in [2.24, 2.45) is 4.99 Å². The summed E-state index contributed by atoms with van der Waals surface area (Å²) in [6, 6.07) is 17.2. The molecule has 0 radical (unpaired) electrons. The van der Waals surface area contributed by atoms with E-state index in [0.717, 1.165) is 5.56 Å². The fraction of sp³-hybridized carbons (Fsp3) is 0.0800. The second-order valence-corrected chi connectivity index (χ2v) is 7.31. The minimum absolute atomic E-state index is 0.120. The Hall–Kier alpha value is -4.79. The number of aliphatic imine (C=N–C) groups is 1. The van der Waals surface area contributed by atoms with E-state index in [2.05, 4.69) is 4.99 Å². The van der Waals surface area contributed by atoms with E-state index in [1.165, 1.54) is 43.5 Å². The van der Waals surface area contributed by atoms with Gasteiger partial charge in [0.1, 0.15) is 0 Å². The van der Waals surface area contributed by atoms with Crippen LogP contribution in [0.3, 0.4) is 0 Å². The Morgan fingerprint density at radius 1 is 1.06 bits per heavy atom. The predicted molar refractivity (Wildman–Crippen MR) is 123 cm³/mol. The maximum Gasteiger partial charge on any atom is 0.363 e. The first-order valence-electron chi connectivity index (χ1n) is 10.1. The number of methoxy groups -OCH3 is 1. The van der Waals surface area contributed by atoms with Crippen molar-refractivity contribution in [2.45, 2.75) is 6.92 Å². The molecule has 9 heteroatoms. The van der Waals surface area contributed by atoms with Crippen molar-refractivity contribution < 1.29 is 28.7 Å². The Morgan fingerprint density at radius 2 is 1.82 bits per heavy atom. The van der Waals surface area contributed by atoms with E-state index in [1.54, 1.807) is 18.2 Å². The van der Waals surface area contributed by atoms with Crippen LogP contribution in [-0.4, -0.2) is 29.9 Å². The summed E-state index contributed by atoms with van der Waals surface area (Å²) in [6.07, 6.45) is 1.54. The van der Waals surface area contributed by atoms with Gasteiger partial charge < -0.3 is 14.2 Å². The second kappa shape index (κ2) is 9.37. The highest BCUT2D eigenvalue weighted by Gasteiger charge is 2.24. The molecule has 1 heterocycles. The lowest BCUT2D eigenvalue weighted by Gasteiger charge is -2.10. The van der Waals surface area contributed by atoms with Crippen molar-refractivity contribution in [2.75, 3.05) is 7.11 Å². The zero-order valence-electron chi connectivity index (χ0n) is 18.2. The molecule has 0 aliphatic carbocycles. The van der Waals surface area contributed by atoms with E-state index >= 15 is 0 Å². The van der Waals surface area contributed by atoms with Crippen LogP contribution in [0.2, 0.25) is 0 Å². The van der Waals surface area contributed by atoms with Gasteiger partial charge in [-0.2, -0.15) is 0 Å². The SMILES string of the molecule is COc1cc(/C=C2\N=C(c3cccc(C)c3)OC2=O)ccc1OC(=O)c1ccc([N+](=O)[O-])cc1. The van der Waals surface area contributed by atoms with Crippen LogP contribution in [0.4, 0.5) is 5.69 Å². The molecular weight excluding hydrogens is 440 g/mol. The first-order chi connectivity index (χ1) is 16.3. The number of benzene rings is 3. The summed E-state index contributed by atoms with van der Waals surface area (Å²) in [7, 11) is 1.41. The number of non-ortho nitro benzene ring substituents is 1. The standard InChI is InChI=1S/C25H18N2O7/c1-15-4-3-5-18(12-15)23-26-20(25(29)34-23)13-16-6-11-21(22(14-16)32-2)33-24(28)17-7-9-19(10-8-17)27(30)31/h3-14H,1-2H3/b20-13-. The molecule has 1 aliphatic heterocycles. The molecule has 0 atom stereocenters. The molecule has 0 fully saturated rings. The molecule has 170 valence electrons. The topological polar surface area (TPSA) is 117 Å². The number of ether oxygens (including phenoxy) is 3. The quantitative estimate of drug-likeness (QED) is 0.176. The molecule has 9 nitrogen and oxygen atoms in total. The minimum Gasteiger partial charge on any atom is -0.493 e. The Labute approximate surface area is 194 Å². The zero-order chi connectivity index (χ0) is 24.2. The Kier molecular flexibility index (Phi) is 6.18. The Morgan fingerprint density at radius 3 is 2.50 bits per heavy atom. The van der Waals surface area contributed by atoms with Crippen molar-refractivity contribution in [3.63, 3.8) is 0 Å². The predicted octanol–water partition coefficient (Wildman–Crippen LogP) is 4.48. The van der Waals surface area contributed by atoms with Gasteiger partial charge in [-0.05, 0) is 55.0 Å². The highest BCUT2D eigenvalue weighted by Crippen LogP contribution is 2.30. The fourth-order valence-electron chi connectivity index (χ4n) is 3.20. The Bertz CT molecular complexity index is 1360. The van der Waals surface area contributed by atoms with Crippen molar-refractivity contribution >= 4 is 29.6 Å². The van der Waals surface area contributed by atoms with Gasteiger partial charge in [-0.15, -0.1) is 0 Å². The number of cyclic esters (lactones) is 1. The summed E-state index contributed by atoms with van der Waals surface area (Å²) in [5, 5.41) is 10.8. The molecule has 0 spiro atoms. The molecule has 34 heavy (non-hydrogen) atoms. The third kappa shape index (κ3) is 4.83. The third-order valence-corrected chi connectivity index (χ3v) is 4.89. The van der Waals surface area contributed by atoms with Gasteiger partial charge in [0.25, 0.3) is 5.69 Å². The number of esters is 2. The van der Waals surface area contributed by atoms with Gasteiger partial charge in [-0.25, -0.2) is 14.6 Å². The molecule has 1 aliphatic rings. The normalized spacial score (nSPS) is 13.9. The summed E-state index contributed by atoms with van der Waals surface area (Å²) in [5.74, 6) is -0.666. The minimum atomic E-state index is -0.703. The van der Waals surface area contributed by atoms with Crippen LogP contribution < -0.4 is 9.47 Å². The van der Waals surface area contributed by atoms with E-state index in [1.807, 2.05) is 25.1 Å². The fourth-order valence-corrected chi connectivity index (χ4v) is 3.20. The summed E-state index contributed by atoms with van der Waals surface area (Å²) in [5.41, 5.74) is 2.42. The molecule has 0 saturated carbocycles. The first-order valence-corrected chi connectivity index (χ1v) is 10.1. The average Bonchev–Trinajstić information content (AvgIpc) is 3.20. The summed E-state index contributed by atoms with van der Waals surface area (Å²) >= 11 is 0. The molecule has 0 bridgehead atoms. The van der Waals surface area contributed by atoms with Gasteiger partial charge >= 0.3 is 11.9 Å².